The number of para-hydroxylation sites is 1. The van der Waals surface area contributed by atoms with Crippen LogP contribution in [-0.4, -0.2) is 13.6 Å². The van der Waals surface area contributed by atoms with E-state index in [4.69, 9.17) is 0 Å². The quantitative estimate of drug-likeness (QED) is 0.738. The van der Waals surface area contributed by atoms with Crippen molar-refractivity contribution in [2.75, 3.05) is 18.5 Å². The summed E-state index contributed by atoms with van der Waals surface area (Å²) in [5.41, 5.74) is 3.96. The summed E-state index contributed by atoms with van der Waals surface area (Å²) in [5, 5.41) is 3.49. The highest BCUT2D eigenvalue weighted by Gasteiger charge is 2.07. The van der Waals surface area contributed by atoms with Crippen molar-refractivity contribution < 1.29 is 0 Å². The van der Waals surface area contributed by atoms with Crippen LogP contribution in [0.3, 0.4) is 0 Å². The SMILES string of the molecule is CCCNCc1ccccc1N(C)Cc1ccc(Br)cc1. The number of benzene rings is 2. The Kier molecular flexibility index (Phi) is 6.27. The molecule has 0 heterocycles. The van der Waals surface area contributed by atoms with E-state index in [0.29, 0.717) is 0 Å². The van der Waals surface area contributed by atoms with Crippen LogP contribution in [0, 0.1) is 0 Å². The summed E-state index contributed by atoms with van der Waals surface area (Å²) in [6, 6.07) is 17.1. The Bertz CT molecular complexity index is 551. The van der Waals surface area contributed by atoms with E-state index < -0.39 is 0 Å². The molecule has 0 bridgehead atoms. The van der Waals surface area contributed by atoms with Crippen LogP contribution in [0.25, 0.3) is 0 Å². The zero-order valence-corrected chi connectivity index (χ0v) is 14.4. The van der Waals surface area contributed by atoms with Crippen molar-refractivity contribution in [1.82, 2.24) is 5.32 Å². The molecule has 3 heteroatoms. The minimum Gasteiger partial charge on any atom is -0.370 e. The Morgan fingerprint density at radius 1 is 1.05 bits per heavy atom. The number of hydrogen-bond acceptors (Lipinski definition) is 2. The molecule has 2 aromatic rings. The average Bonchev–Trinajstić information content (AvgIpc) is 2.50. The van der Waals surface area contributed by atoms with Gasteiger partial charge in [-0.1, -0.05) is 53.2 Å². The maximum atomic E-state index is 3.49. The van der Waals surface area contributed by atoms with Gasteiger partial charge in [0.15, 0.2) is 0 Å². The molecule has 0 amide bonds. The summed E-state index contributed by atoms with van der Waals surface area (Å²) in [5.74, 6) is 0. The second-order valence-corrected chi connectivity index (χ2v) is 6.20. The van der Waals surface area contributed by atoms with Gasteiger partial charge in [0, 0.05) is 30.3 Å². The normalized spacial score (nSPS) is 10.6. The molecule has 0 radical (unpaired) electrons. The third kappa shape index (κ3) is 4.87. The highest BCUT2D eigenvalue weighted by atomic mass is 79.9. The Morgan fingerprint density at radius 3 is 2.48 bits per heavy atom. The topological polar surface area (TPSA) is 15.3 Å². The first-order valence-electron chi connectivity index (χ1n) is 7.45. The summed E-state index contributed by atoms with van der Waals surface area (Å²) in [7, 11) is 2.15. The Labute approximate surface area is 136 Å². The van der Waals surface area contributed by atoms with Crippen LogP contribution in [0.4, 0.5) is 5.69 Å². The highest BCUT2D eigenvalue weighted by Crippen LogP contribution is 2.21. The van der Waals surface area contributed by atoms with E-state index in [1.807, 2.05) is 0 Å². The van der Waals surface area contributed by atoms with Gasteiger partial charge in [-0.05, 0) is 42.3 Å². The van der Waals surface area contributed by atoms with Crippen LogP contribution in [0.5, 0.6) is 0 Å². The zero-order chi connectivity index (χ0) is 15.1. The average molecular weight is 347 g/mol. The third-order valence-electron chi connectivity index (χ3n) is 3.48. The standard InChI is InChI=1S/C18H23BrN2/c1-3-12-20-13-16-6-4-5-7-18(16)21(2)14-15-8-10-17(19)11-9-15/h4-11,20H,3,12-14H2,1-2H3. The van der Waals surface area contributed by atoms with Gasteiger partial charge in [0.05, 0.1) is 0 Å². The zero-order valence-electron chi connectivity index (χ0n) is 12.8. The molecule has 0 aliphatic heterocycles. The molecule has 0 fully saturated rings. The molecule has 0 spiro atoms. The molecule has 0 aliphatic carbocycles. The van der Waals surface area contributed by atoms with E-state index in [9.17, 15) is 0 Å². The van der Waals surface area contributed by atoms with E-state index in [1.165, 1.54) is 16.8 Å². The van der Waals surface area contributed by atoms with Crippen molar-refractivity contribution in [2.45, 2.75) is 26.4 Å². The van der Waals surface area contributed by atoms with Gasteiger partial charge in [0.25, 0.3) is 0 Å². The van der Waals surface area contributed by atoms with Gasteiger partial charge in [-0.2, -0.15) is 0 Å². The predicted octanol–water partition coefficient (Wildman–Crippen LogP) is 4.59. The van der Waals surface area contributed by atoms with Gasteiger partial charge >= 0.3 is 0 Å². The second-order valence-electron chi connectivity index (χ2n) is 5.29. The Balaban J connectivity index is 2.07. The molecule has 0 saturated carbocycles. The van der Waals surface area contributed by atoms with Gasteiger partial charge < -0.3 is 10.2 Å². The Morgan fingerprint density at radius 2 is 1.76 bits per heavy atom. The smallest absolute Gasteiger partial charge is 0.0426 e. The number of hydrogen-bond donors (Lipinski definition) is 1. The molecule has 0 aromatic heterocycles. The molecule has 0 aliphatic rings. The maximum Gasteiger partial charge on any atom is 0.0426 e. The second kappa shape index (κ2) is 8.20. The first-order chi connectivity index (χ1) is 10.2. The molecule has 2 nitrogen and oxygen atoms in total. The summed E-state index contributed by atoms with van der Waals surface area (Å²) in [6.07, 6.45) is 1.16. The fourth-order valence-electron chi connectivity index (χ4n) is 2.38. The van der Waals surface area contributed by atoms with Crippen LogP contribution in [0.2, 0.25) is 0 Å². The number of halogens is 1. The van der Waals surface area contributed by atoms with Crippen LogP contribution in [0.1, 0.15) is 24.5 Å². The fourth-order valence-corrected chi connectivity index (χ4v) is 2.65. The van der Waals surface area contributed by atoms with Crippen LogP contribution >= 0.6 is 15.9 Å². The van der Waals surface area contributed by atoms with Crippen molar-refractivity contribution in [3.8, 4) is 0 Å². The molecule has 0 unspecified atom stereocenters. The van der Waals surface area contributed by atoms with Crippen molar-refractivity contribution >= 4 is 21.6 Å². The minimum atomic E-state index is 0.915. The molecular formula is C18H23BrN2. The molecular weight excluding hydrogens is 324 g/mol. The van der Waals surface area contributed by atoms with Gasteiger partial charge in [-0.25, -0.2) is 0 Å². The lowest BCUT2D eigenvalue weighted by Crippen LogP contribution is -2.21. The fraction of sp³-hybridized carbons (Fsp3) is 0.333. The molecule has 2 rings (SSSR count). The molecule has 1 N–H and O–H groups in total. The molecule has 2 aromatic carbocycles. The van der Waals surface area contributed by atoms with Crippen molar-refractivity contribution in [3.05, 3.63) is 64.1 Å². The molecule has 21 heavy (non-hydrogen) atoms. The highest BCUT2D eigenvalue weighted by molar-refractivity contribution is 9.10. The van der Waals surface area contributed by atoms with Gasteiger partial charge in [-0.3, -0.25) is 0 Å². The largest absolute Gasteiger partial charge is 0.370 e. The Hall–Kier alpha value is -1.32. The third-order valence-corrected chi connectivity index (χ3v) is 4.01. The first kappa shape index (κ1) is 16.1. The number of nitrogens with one attached hydrogen (secondary N) is 1. The minimum absolute atomic E-state index is 0.915. The maximum absolute atomic E-state index is 3.49. The predicted molar refractivity (Wildman–Crippen MR) is 94.7 cm³/mol. The first-order valence-corrected chi connectivity index (χ1v) is 8.24. The van der Waals surface area contributed by atoms with Crippen molar-refractivity contribution in [1.29, 1.82) is 0 Å². The van der Waals surface area contributed by atoms with Crippen molar-refractivity contribution in [2.24, 2.45) is 0 Å². The van der Waals surface area contributed by atoms with E-state index in [0.717, 1.165) is 30.5 Å². The number of rotatable bonds is 7. The van der Waals surface area contributed by atoms with Crippen molar-refractivity contribution in [3.63, 3.8) is 0 Å². The lowest BCUT2D eigenvalue weighted by atomic mass is 10.1. The molecule has 112 valence electrons. The van der Waals surface area contributed by atoms with E-state index in [2.05, 4.69) is 88.6 Å². The molecule has 0 atom stereocenters. The van der Waals surface area contributed by atoms with Gasteiger partial charge in [-0.15, -0.1) is 0 Å². The summed E-state index contributed by atoms with van der Waals surface area (Å²) < 4.78 is 1.12. The monoisotopic (exact) mass is 346 g/mol. The lowest BCUT2D eigenvalue weighted by Gasteiger charge is -2.23. The molecule has 0 saturated heterocycles. The van der Waals surface area contributed by atoms with E-state index >= 15 is 0 Å². The van der Waals surface area contributed by atoms with Crippen LogP contribution in [0.15, 0.2) is 53.0 Å². The van der Waals surface area contributed by atoms with Gasteiger partial charge in [0.2, 0.25) is 0 Å². The number of nitrogens with zero attached hydrogens (tertiary/aromatic N) is 1. The summed E-state index contributed by atoms with van der Waals surface area (Å²) in [4.78, 5) is 2.31. The van der Waals surface area contributed by atoms with E-state index in [1.54, 1.807) is 0 Å². The lowest BCUT2D eigenvalue weighted by molar-refractivity contribution is 0.673. The summed E-state index contributed by atoms with van der Waals surface area (Å²) in [6.45, 7) is 5.09. The van der Waals surface area contributed by atoms with Crippen LogP contribution in [-0.2, 0) is 13.1 Å². The summed E-state index contributed by atoms with van der Waals surface area (Å²) >= 11 is 3.48. The van der Waals surface area contributed by atoms with E-state index in [-0.39, 0.29) is 0 Å². The van der Waals surface area contributed by atoms with Crippen LogP contribution < -0.4 is 10.2 Å². The number of anilines is 1. The van der Waals surface area contributed by atoms with Gasteiger partial charge in [0.1, 0.15) is 0 Å².